The Morgan fingerprint density at radius 1 is 1.56 bits per heavy atom. The van der Waals surface area contributed by atoms with Gasteiger partial charge in [-0.3, -0.25) is 4.18 Å². The maximum absolute atomic E-state index is 10.9. The third kappa shape index (κ3) is 2.61. The molecule has 1 aromatic rings. The highest BCUT2D eigenvalue weighted by Gasteiger charge is 2.31. The summed E-state index contributed by atoms with van der Waals surface area (Å²) >= 11 is 6.66. The van der Waals surface area contributed by atoms with Crippen LogP contribution in [0.15, 0.2) is 24.3 Å². The van der Waals surface area contributed by atoms with Crippen LogP contribution in [-0.2, 0) is 10.6 Å². The Morgan fingerprint density at radius 3 is 2.88 bits per heavy atom. The first-order valence-electron chi connectivity index (χ1n) is 4.73. The lowest BCUT2D eigenvalue weighted by Gasteiger charge is -2.16. The van der Waals surface area contributed by atoms with Crippen molar-refractivity contribution in [1.82, 2.24) is 4.31 Å². The number of halogens is 1. The second-order valence-corrected chi connectivity index (χ2v) is 4.67. The zero-order valence-corrected chi connectivity index (χ0v) is 9.87. The Kier molecular flexibility index (Phi) is 3.58. The van der Waals surface area contributed by atoms with Gasteiger partial charge in [0.1, 0.15) is 12.2 Å². The predicted octanol–water partition coefficient (Wildman–Crippen LogP) is 2.82. The summed E-state index contributed by atoms with van der Waals surface area (Å²) in [5.41, 5.74) is 1.05. The highest BCUT2D eigenvalue weighted by molar-refractivity contribution is 7.93. The third-order valence-electron chi connectivity index (χ3n) is 2.30. The summed E-state index contributed by atoms with van der Waals surface area (Å²) in [6.45, 7) is 0.416. The summed E-state index contributed by atoms with van der Waals surface area (Å²) in [7, 11) is 0. The molecule has 1 aliphatic rings. The molecule has 1 amide bonds. The molecule has 1 atom stereocenters. The molecule has 16 heavy (non-hydrogen) atoms. The van der Waals surface area contributed by atoms with Crippen molar-refractivity contribution in [3.05, 3.63) is 34.9 Å². The maximum Gasteiger partial charge on any atom is 0.419 e. The van der Waals surface area contributed by atoms with Gasteiger partial charge in [-0.25, -0.2) is 9.10 Å². The zero-order valence-electron chi connectivity index (χ0n) is 8.30. The molecule has 6 heteroatoms. The number of hydrogen-bond acceptors (Lipinski definition) is 3. The molecule has 0 unspecified atom stereocenters. The average molecular weight is 260 g/mol. The molecule has 0 aliphatic carbocycles. The van der Waals surface area contributed by atoms with Gasteiger partial charge < -0.3 is 5.11 Å². The van der Waals surface area contributed by atoms with Gasteiger partial charge in [-0.2, -0.15) is 0 Å². The van der Waals surface area contributed by atoms with E-state index >= 15 is 0 Å². The Hall–Kier alpha value is -0.910. The minimum Gasteiger partial charge on any atom is -0.464 e. The van der Waals surface area contributed by atoms with Crippen LogP contribution in [0.2, 0.25) is 5.02 Å². The lowest BCUT2D eigenvalue weighted by molar-refractivity contribution is 0.166. The molecule has 86 valence electrons. The van der Waals surface area contributed by atoms with Crippen LogP contribution < -0.4 is 0 Å². The SMILES string of the molecule is O=C(O)N1SOC[C@@H]1Cc1ccc(Cl)cc1. The number of hydrogen-bond donors (Lipinski definition) is 1. The van der Waals surface area contributed by atoms with Gasteiger partial charge >= 0.3 is 6.09 Å². The Morgan fingerprint density at radius 2 is 2.25 bits per heavy atom. The molecule has 1 aliphatic heterocycles. The van der Waals surface area contributed by atoms with Gasteiger partial charge in [0.05, 0.1) is 12.6 Å². The van der Waals surface area contributed by atoms with Gasteiger partial charge in [0.15, 0.2) is 0 Å². The lowest BCUT2D eigenvalue weighted by atomic mass is 10.1. The second kappa shape index (κ2) is 4.95. The van der Waals surface area contributed by atoms with E-state index in [2.05, 4.69) is 0 Å². The number of rotatable bonds is 2. The second-order valence-electron chi connectivity index (χ2n) is 3.45. The van der Waals surface area contributed by atoms with Crippen molar-refractivity contribution in [3.8, 4) is 0 Å². The molecule has 1 heterocycles. The summed E-state index contributed by atoms with van der Waals surface area (Å²) < 4.78 is 6.29. The molecule has 0 bridgehead atoms. The molecule has 1 saturated heterocycles. The Labute approximate surface area is 102 Å². The summed E-state index contributed by atoms with van der Waals surface area (Å²) in [6, 6.07) is 7.25. The zero-order chi connectivity index (χ0) is 11.5. The third-order valence-corrected chi connectivity index (χ3v) is 3.41. The molecule has 1 N–H and O–H groups in total. The first-order valence-corrected chi connectivity index (χ1v) is 5.80. The monoisotopic (exact) mass is 259 g/mol. The van der Waals surface area contributed by atoms with Crippen molar-refractivity contribution in [3.63, 3.8) is 0 Å². The van der Waals surface area contributed by atoms with Gasteiger partial charge in [-0.05, 0) is 24.1 Å². The van der Waals surface area contributed by atoms with Crippen LogP contribution in [0.3, 0.4) is 0 Å². The Balaban J connectivity index is 2.03. The molecular weight excluding hydrogens is 250 g/mol. The minimum atomic E-state index is -0.971. The molecule has 0 saturated carbocycles. The van der Waals surface area contributed by atoms with Crippen molar-refractivity contribution >= 4 is 29.9 Å². The molecule has 2 rings (SSSR count). The topological polar surface area (TPSA) is 49.8 Å². The van der Waals surface area contributed by atoms with E-state index in [-0.39, 0.29) is 6.04 Å². The number of nitrogens with zero attached hydrogens (tertiary/aromatic N) is 1. The largest absolute Gasteiger partial charge is 0.464 e. The first-order chi connectivity index (χ1) is 7.66. The van der Waals surface area contributed by atoms with E-state index in [1.54, 1.807) is 12.1 Å². The van der Waals surface area contributed by atoms with Gasteiger partial charge in [0.2, 0.25) is 0 Å². The molecule has 0 aromatic heterocycles. The highest BCUT2D eigenvalue weighted by Crippen LogP contribution is 2.27. The summed E-state index contributed by atoms with van der Waals surface area (Å²) in [5, 5.41) is 9.59. The van der Waals surface area contributed by atoms with Crippen LogP contribution in [0, 0.1) is 0 Å². The summed E-state index contributed by atoms with van der Waals surface area (Å²) in [5.74, 6) is 0. The van der Waals surface area contributed by atoms with Crippen LogP contribution in [0.1, 0.15) is 5.56 Å². The number of carbonyl (C=O) groups is 1. The molecule has 4 nitrogen and oxygen atoms in total. The van der Waals surface area contributed by atoms with Gasteiger partial charge in [-0.1, -0.05) is 23.7 Å². The lowest BCUT2D eigenvalue weighted by Crippen LogP contribution is -2.32. The number of benzene rings is 1. The molecule has 1 aromatic carbocycles. The summed E-state index contributed by atoms with van der Waals surface area (Å²) in [6.07, 6.45) is -0.335. The van der Waals surface area contributed by atoms with Gasteiger partial charge in [-0.15, -0.1) is 0 Å². The van der Waals surface area contributed by atoms with E-state index in [1.165, 1.54) is 4.31 Å². The van der Waals surface area contributed by atoms with Crippen molar-refractivity contribution < 1.29 is 14.1 Å². The van der Waals surface area contributed by atoms with Crippen LogP contribution in [-0.4, -0.2) is 28.2 Å². The smallest absolute Gasteiger partial charge is 0.419 e. The predicted molar refractivity (Wildman–Crippen MR) is 62.4 cm³/mol. The fourth-order valence-corrected chi connectivity index (χ4v) is 2.30. The minimum absolute atomic E-state index is 0.135. The van der Waals surface area contributed by atoms with Crippen molar-refractivity contribution in [2.24, 2.45) is 0 Å². The molecule has 1 fully saturated rings. The van der Waals surface area contributed by atoms with Crippen molar-refractivity contribution in [2.45, 2.75) is 12.5 Å². The maximum atomic E-state index is 10.9. The number of amides is 1. The van der Waals surface area contributed by atoms with Gasteiger partial charge in [0.25, 0.3) is 0 Å². The average Bonchev–Trinajstić information content (AvgIpc) is 2.69. The molecular formula is C10H10ClNO3S. The van der Waals surface area contributed by atoms with E-state index in [9.17, 15) is 4.79 Å². The fraction of sp³-hybridized carbons (Fsp3) is 0.300. The summed E-state index contributed by atoms with van der Waals surface area (Å²) in [4.78, 5) is 10.9. The van der Waals surface area contributed by atoms with Crippen LogP contribution in [0.25, 0.3) is 0 Å². The van der Waals surface area contributed by atoms with E-state index in [1.807, 2.05) is 12.1 Å². The normalized spacial score (nSPS) is 20.1. The van der Waals surface area contributed by atoms with Crippen LogP contribution in [0.5, 0.6) is 0 Å². The van der Waals surface area contributed by atoms with E-state index < -0.39 is 6.09 Å². The first kappa shape index (κ1) is 11.6. The van der Waals surface area contributed by atoms with Crippen molar-refractivity contribution in [2.75, 3.05) is 6.61 Å². The van der Waals surface area contributed by atoms with E-state index in [0.717, 1.165) is 17.8 Å². The Bertz CT molecular complexity index is 384. The quantitative estimate of drug-likeness (QED) is 0.655. The van der Waals surface area contributed by atoms with E-state index in [4.69, 9.17) is 20.9 Å². The van der Waals surface area contributed by atoms with E-state index in [0.29, 0.717) is 18.1 Å². The highest BCUT2D eigenvalue weighted by atomic mass is 35.5. The van der Waals surface area contributed by atoms with Crippen LogP contribution in [0.4, 0.5) is 4.79 Å². The van der Waals surface area contributed by atoms with Crippen molar-refractivity contribution in [1.29, 1.82) is 0 Å². The number of carboxylic acid groups (broad SMARTS) is 1. The van der Waals surface area contributed by atoms with Gasteiger partial charge in [0, 0.05) is 5.02 Å². The molecule has 0 spiro atoms. The standard InChI is InChI=1S/C10H10ClNO3S/c11-8-3-1-7(2-4-8)5-9-6-15-16-12(9)10(13)14/h1-4,9H,5-6H2,(H,13,14)/t9-/m0/s1. The molecule has 0 radical (unpaired) electrons. The fourth-order valence-electron chi connectivity index (χ4n) is 1.52. The van der Waals surface area contributed by atoms with Crippen LogP contribution >= 0.6 is 23.8 Å².